The number of nitrogens with two attached hydrogens (primary N) is 1. The number of nitrogens with one attached hydrogen (secondary N) is 1. The molecule has 0 fully saturated rings. The number of ether oxygens (including phenoxy) is 2. The molecule has 24 heavy (non-hydrogen) atoms. The van der Waals surface area contributed by atoms with Gasteiger partial charge in [-0.1, -0.05) is 6.07 Å². The van der Waals surface area contributed by atoms with E-state index < -0.39 is 0 Å². The van der Waals surface area contributed by atoms with Crippen molar-refractivity contribution in [2.24, 2.45) is 10.7 Å². The fourth-order valence-corrected chi connectivity index (χ4v) is 2.90. The average Bonchev–Trinajstić information content (AvgIpc) is 2.98. The molecule has 1 aliphatic heterocycles. The summed E-state index contributed by atoms with van der Waals surface area (Å²) in [6.45, 7) is 4.85. The third-order valence-electron chi connectivity index (χ3n) is 3.70. The molecule has 3 N–H and O–H groups in total. The van der Waals surface area contributed by atoms with Crippen LogP contribution in [0.1, 0.15) is 16.7 Å². The summed E-state index contributed by atoms with van der Waals surface area (Å²) in [4.78, 5) is 4.37. The summed E-state index contributed by atoms with van der Waals surface area (Å²) in [6.07, 6.45) is 0. The van der Waals surface area contributed by atoms with E-state index in [4.69, 9.17) is 15.2 Å². The van der Waals surface area contributed by atoms with Gasteiger partial charge in [-0.3, -0.25) is 0 Å². The van der Waals surface area contributed by atoms with E-state index in [9.17, 15) is 0 Å². The van der Waals surface area contributed by atoms with Crippen molar-refractivity contribution >= 4 is 51.6 Å². The zero-order valence-electron chi connectivity index (χ0n) is 13.4. The Hall–Kier alpha value is -1.48. The lowest BCUT2D eigenvalue weighted by atomic mass is 10.1. The van der Waals surface area contributed by atoms with Crippen LogP contribution in [-0.2, 0) is 6.54 Å². The largest absolute Gasteiger partial charge is 0.454 e. The van der Waals surface area contributed by atoms with E-state index in [0.29, 0.717) is 12.5 Å². The number of guanidine groups is 1. The van der Waals surface area contributed by atoms with Crippen LogP contribution in [0.3, 0.4) is 0 Å². The first-order valence-corrected chi connectivity index (χ1v) is 8.04. The second-order valence-electron chi connectivity index (χ2n) is 5.44. The van der Waals surface area contributed by atoms with Gasteiger partial charge in [0.05, 0.1) is 11.0 Å². The lowest BCUT2D eigenvalue weighted by Gasteiger charge is -2.08. The fourth-order valence-electron chi connectivity index (χ4n) is 2.30. The summed E-state index contributed by atoms with van der Waals surface area (Å²) in [7, 11) is 0. The molecule has 0 unspecified atom stereocenters. The molecular formula is C17H19BrIN3O2. The molecule has 0 radical (unpaired) electrons. The van der Waals surface area contributed by atoms with Crippen LogP contribution in [0.4, 0.5) is 5.69 Å². The van der Waals surface area contributed by atoms with Crippen LogP contribution in [-0.4, -0.2) is 12.8 Å². The minimum absolute atomic E-state index is 0. The number of anilines is 1. The highest BCUT2D eigenvalue weighted by Gasteiger charge is 2.17. The number of aryl methyl sites for hydroxylation is 2. The highest BCUT2D eigenvalue weighted by atomic mass is 127. The lowest BCUT2D eigenvalue weighted by Crippen LogP contribution is -2.22. The quantitative estimate of drug-likeness (QED) is 0.371. The predicted octanol–water partition coefficient (Wildman–Crippen LogP) is 4.34. The number of fused-ring (bicyclic) bond motifs is 1. The Morgan fingerprint density at radius 3 is 2.75 bits per heavy atom. The van der Waals surface area contributed by atoms with E-state index in [0.717, 1.165) is 27.2 Å². The summed E-state index contributed by atoms with van der Waals surface area (Å²) in [6, 6.07) is 9.97. The van der Waals surface area contributed by atoms with Crippen molar-refractivity contribution in [1.29, 1.82) is 0 Å². The molecule has 2 aromatic carbocycles. The standard InChI is InChI=1S/C17H18BrN3O2.HI/c1-10-3-4-13(5-11(10)2)21-17(19)20-8-12-6-14(18)16-15(7-12)22-9-23-16;/h3-7H,8-9H2,1-2H3,(H3,19,20,21);1H. The second-order valence-corrected chi connectivity index (χ2v) is 6.29. The molecule has 128 valence electrons. The Morgan fingerprint density at radius 1 is 1.21 bits per heavy atom. The van der Waals surface area contributed by atoms with Crippen molar-refractivity contribution in [3.63, 3.8) is 0 Å². The van der Waals surface area contributed by atoms with Crippen LogP contribution in [0.2, 0.25) is 0 Å². The number of nitrogens with zero attached hydrogens (tertiary/aromatic N) is 1. The van der Waals surface area contributed by atoms with E-state index in [2.05, 4.69) is 52.2 Å². The third-order valence-corrected chi connectivity index (χ3v) is 4.29. The van der Waals surface area contributed by atoms with E-state index >= 15 is 0 Å². The van der Waals surface area contributed by atoms with Crippen molar-refractivity contribution in [2.75, 3.05) is 12.1 Å². The second kappa shape index (κ2) is 8.06. The van der Waals surface area contributed by atoms with Gasteiger partial charge in [0.25, 0.3) is 0 Å². The lowest BCUT2D eigenvalue weighted by molar-refractivity contribution is 0.173. The Morgan fingerprint density at radius 2 is 2.00 bits per heavy atom. The molecule has 7 heteroatoms. The Balaban J connectivity index is 0.00000208. The van der Waals surface area contributed by atoms with Crippen molar-refractivity contribution in [2.45, 2.75) is 20.4 Å². The Bertz CT molecular complexity index is 781. The maximum atomic E-state index is 5.96. The molecule has 0 spiro atoms. The first-order chi connectivity index (χ1) is 11.0. The van der Waals surface area contributed by atoms with Gasteiger partial charge in [0, 0.05) is 5.69 Å². The molecule has 0 saturated heterocycles. The van der Waals surface area contributed by atoms with Crippen LogP contribution < -0.4 is 20.5 Å². The van der Waals surface area contributed by atoms with Gasteiger partial charge in [-0.2, -0.15) is 0 Å². The summed E-state index contributed by atoms with van der Waals surface area (Å²) in [5.41, 5.74) is 10.3. The molecule has 2 aromatic rings. The fraction of sp³-hybridized carbons (Fsp3) is 0.235. The first-order valence-electron chi connectivity index (χ1n) is 7.25. The number of halogens is 2. The Kier molecular flexibility index (Phi) is 6.34. The molecule has 1 aliphatic rings. The predicted molar refractivity (Wildman–Crippen MR) is 111 cm³/mol. The summed E-state index contributed by atoms with van der Waals surface area (Å²) >= 11 is 3.47. The maximum Gasteiger partial charge on any atom is 0.231 e. The normalized spacial score (nSPS) is 12.7. The minimum Gasteiger partial charge on any atom is -0.454 e. The van der Waals surface area contributed by atoms with Crippen LogP contribution in [0.5, 0.6) is 11.5 Å². The van der Waals surface area contributed by atoms with Crippen LogP contribution in [0.25, 0.3) is 0 Å². The SMILES string of the molecule is Cc1ccc(NC(N)=NCc2cc(Br)c3c(c2)OCO3)cc1C.I. The summed E-state index contributed by atoms with van der Waals surface area (Å²) in [5, 5.41) is 3.11. The van der Waals surface area contributed by atoms with Gasteiger partial charge in [0.1, 0.15) is 0 Å². The van der Waals surface area contributed by atoms with Gasteiger partial charge >= 0.3 is 0 Å². The maximum absolute atomic E-state index is 5.96. The van der Waals surface area contributed by atoms with Crippen molar-refractivity contribution < 1.29 is 9.47 Å². The molecule has 0 bridgehead atoms. The highest BCUT2D eigenvalue weighted by Crippen LogP contribution is 2.40. The molecule has 5 nitrogen and oxygen atoms in total. The zero-order chi connectivity index (χ0) is 16.4. The van der Waals surface area contributed by atoms with Crippen molar-refractivity contribution in [3.8, 4) is 11.5 Å². The topological polar surface area (TPSA) is 68.9 Å². The molecular weight excluding hydrogens is 485 g/mol. The number of hydrogen-bond acceptors (Lipinski definition) is 3. The van der Waals surface area contributed by atoms with Crippen LogP contribution in [0, 0.1) is 13.8 Å². The Labute approximate surface area is 166 Å². The zero-order valence-corrected chi connectivity index (χ0v) is 17.3. The van der Waals surface area contributed by atoms with E-state index in [1.807, 2.05) is 18.2 Å². The smallest absolute Gasteiger partial charge is 0.231 e. The van der Waals surface area contributed by atoms with Gasteiger partial charge < -0.3 is 20.5 Å². The van der Waals surface area contributed by atoms with Gasteiger partial charge in [-0.15, -0.1) is 24.0 Å². The summed E-state index contributed by atoms with van der Waals surface area (Å²) < 4.78 is 11.6. The monoisotopic (exact) mass is 503 g/mol. The molecule has 0 amide bonds. The van der Waals surface area contributed by atoms with Gasteiger partial charge in [-0.25, -0.2) is 4.99 Å². The third kappa shape index (κ3) is 4.32. The molecule has 3 rings (SSSR count). The van der Waals surface area contributed by atoms with E-state index in [1.165, 1.54) is 11.1 Å². The van der Waals surface area contributed by atoms with Gasteiger partial charge in [0.15, 0.2) is 17.5 Å². The van der Waals surface area contributed by atoms with Gasteiger partial charge in [-0.05, 0) is 70.7 Å². The minimum atomic E-state index is 0. The number of aliphatic imine (C=N–C) groups is 1. The van der Waals surface area contributed by atoms with E-state index in [-0.39, 0.29) is 30.8 Å². The summed E-state index contributed by atoms with van der Waals surface area (Å²) in [5.74, 6) is 1.84. The van der Waals surface area contributed by atoms with Gasteiger partial charge in [0.2, 0.25) is 6.79 Å². The molecule has 1 heterocycles. The van der Waals surface area contributed by atoms with Crippen LogP contribution >= 0.6 is 39.9 Å². The first kappa shape index (κ1) is 18.9. The highest BCUT2D eigenvalue weighted by molar-refractivity contribution is 14.0. The number of benzene rings is 2. The molecule has 0 aromatic heterocycles. The van der Waals surface area contributed by atoms with Crippen molar-refractivity contribution in [1.82, 2.24) is 0 Å². The molecule has 0 atom stereocenters. The van der Waals surface area contributed by atoms with Crippen LogP contribution in [0.15, 0.2) is 39.8 Å². The van der Waals surface area contributed by atoms with E-state index in [1.54, 1.807) is 0 Å². The van der Waals surface area contributed by atoms with Crippen molar-refractivity contribution in [3.05, 3.63) is 51.5 Å². The molecule has 0 saturated carbocycles. The number of rotatable bonds is 3. The molecule has 0 aliphatic carbocycles. The average molecular weight is 504 g/mol. The number of hydrogen-bond donors (Lipinski definition) is 2.